The third-order valence-corrected chi connectivity index (χ3v) is 2.85. The Morgan fingerprint density at radius 3 is 2.72 bits per heavy atom. The number of thiophene rings is 1. The molecule has 1 aromatic heterocycles. The molecule has 0 bridgehead atoms. The van der Waals surface area contributed by atoms with Crippen LogP contribution in [0.15, 0.2) is 10.8 Å². The third-order valence-electron chi connectivity index (χ3n) is 2.11. The number of hydrogen-bond acceptors (Lipinski definition) is 5. The van der Waals surface area contributed by atoms with Crippen LogP contribution in [-0.4, -0.2) is 38.9 Å². The Morgan fingerprint density at radius 1 is 1.39 bits per heavy atom. The lowest BCUT2D eigenvalue weighted by Crippen LogP contribution is -2.38. The number of rotatable bonds is 5. The molecule has 0 aromatic carbocycles. The summed E-state index contributed by atoms with van der Waals surface area (Å²) in [4.78, 5) is 23.0. The molecule has 6 nitrogen and oxygen atoms in total. The maximum absolute atomic E-state index is 11.6. The monoisotopic (exact) mass is 272 g/mol. The van der Waals surface area contributed by atoms with E-state index in [0.29, 0.717) is 17.9 Å². The van der Waals surface area contributed by atoms with E-state index in [1.807, 2.05) is 6.92 Å². The van der Waals surface area contributed by atoms with Crippen molar-refractivity contribution in [1.29, 1.82) is 0 Å². The molecule has 0 saturated heterocycles. The van der Waals surface area contributed by atoms with E-state index in [-0.39, 0.29) is 12.1 Å². The van der Waals surface area contributed by atoms with E-state index in [0.717, 1.165) is 0 Å². The Kier molecular flexibility index (Phi) is 5.60. The summed E-state index contributed by atoms with van der Waals surface area (Å²) in [6.07, 6.45) is 0. The summed E-state index contributed by atoms with van der Waals surface area (Å²) in [5.41, 5.74) is 0.783. The van der Waals surface area contributed by atoms with Crippen molar-refractivity contribution >= 4 is 29.0 Å². The van der Waals surface area contributed by atoms with Gasteiger partial charge in [0.25, 0.3) is 0 Å². The van der Waals surface area contributed by atoms with Gasteiger partial charge in [-0.3, -0.25) is 0 Å². The van der Waals surface area contributed by atoms with Crippen molar-refractivity contribution in [3.8, 4) is 0 Å². The minimum absolute atomic E-state index is 0.116. The van der Waals surface area contributed by atoms with Crippen molar-refractivity contribution in [2.24, 2.45) is 0 Å². The fraction of sp³-hybridized carbons (Fsp3) is 0.455. The van der Waals surface area contributed by atoms with Crippen LogP contribution >= 0.6 is 11.3 Å². The van der Waals surface area contributed by atoms with E-state index in [1.165, 1.54) is 18.4 Å². The van der Waals surface area contributed by atoms with Gasteiger partial charge in [0.1, 0.15) is 0 Å². The van der Waals surface area contributed by atoms with Gasteiger partial charge >= 0.3 is 12.0 Å². The van der Waals surface area contributed by atoms with Crippen LogP contribution in [0.5, 0.6) is 0 Å². The van der Waals surface area contributed by atoms with E-state index < -0.39 is 5.97 Å². The lowest BCUT2D eigenvalue weighted by molar-refractivity contribution is 0.0602. The molecular formula is C11H16N2O4S. The fourth-order valence-corrected chi connectivity index (χ4v) is 2.09. The highest BCUT2D eigenvalue weighted by Crippen LogP contribution is 2.21. The molecule has 0 saturated carbocycles. The molecule has 0 radical (unpaired) electrons. The number of methoxy groups -OCH3 is 2. The number of esters is 1. The van der Waals surface area contributed by atoms with Gasteiger partial charge < -0.3 is 20.1 Å². The minimum atomic E-state index is -0.475. The minimum Gasteiger partial charge on any atom is -0.465 e. The van der Waals surface area contributed by atoms with Crippen LogP contribution in [0.25, 0.3) is 0 Å². The first-order chi connectivity index (χ1) is 8.58. The number of urea groups is 1. The van der Waals surface area contributed by atoms with Crippen LogP contribution in [-0.2, 0) is 9.47 Å². The van der Waals surface area contributed by atoms with Crippen molar-refractivity contribution in [2.75, 3.05) is 26.1 Å². The first-order valence-electron chi connectivity index (χ1n) is 5.29. The fourth-order valence-electron chi connectivity index (χ4n) is 1.34. The second-order valence-electron chi connectivity index (χ2n) is 3.65. The second-order valence-corrected chi connectivity index (χ2v) is 4.39. The smallest absolute Gasteiger partial charge is 0.340 e. The van der Waals surface area contributed by atoms with E-state index in [9.17, 15) is 9.59 Å². The number of nitrogens with one attached hydrogen (secondary N) is 2. The van der Waals surface area contributed by atoms with Crippen LogP contribution in [0.4, 0.5) is 10.5 Å². The van der Waals surface area contributed by atoms with Crippen LogP contribution in [0.3, 0.4) is 0 Å². The Bertz CT molecular complexity index is 419. The molecular weight excluding hydrogens is 256 g/mol. The topological polar surface area (TPSA) is 76.7 Å². The predicted octanol–water partition coefficient (Wildman–Crippen LogP) is 1.69. The van der Waals surface area contributed by atoms with E-state index >= 15 is 0 Å². The first kappa shape index (κ1) is 14.5. The molecule has 18 heavy (non-hydrogen) atoms. The molecule has 1 heterocycles. The van der Waals surface area contributed by atoms with E-state index in [4.69, 9.17) is 4.74 Å². The Balaban J connectivity index is 2.59. The van der Waals surface area contributed by atoms with Crippen LogP contribution in [0.2, 0.25) is 0 Å². The maximum atomic E-state index is 11.6. The van der Waals surface area contributed by atoms with Crippen LogP contribution in [0, 0.1) is 0 Å². The number of carbonyl (C=O) groups excluding carboxylic acids is 2. The number of carbonyl (C=O) groups is 2. The molecule has 2 amide bonds. The summed E-state index contributed by atoms with van der Waals surface area (Å²) in [5, 5.41) is 8.58. The highest BCUT2D eigenvalue weighted by Gasteiger charge is 2.15. The van der Waals surface area contributed by atoms with Crippen molar-refractivity contribution in [3.63, 3.8) is 0 Å². The lowest BCUT2D eigenvalue weighted by Gasteiger charge is -2.13. The quantitative estimate of drug-likeness (QED) is 0.800. The Morgan fingerprint density at radius 2 is 2.11 bits per heavy atom. The molecule has 1 aromatic rings. The van der Waals surface area contributed by atoms with Crippen molar-refractivity contribution in [2.45, 2.75) is 13.0 Å². The van der Waals surface area contributed by atoms with E-state index in [1.54, 1.807) is 17.9 Å². The molecule has 0 fully saturated rings. The summed E-state index contributed by atoms with van der Waals surface area (Å²) in [6.45, 7) is 2.23. The van der Waals surface area contributed by atoms with Gasteiger partial charge in [0.2, 0.25) is 0 Å². The predicted molar refractivity (Wildman–Crippen MR) is 69.2 cm³/mol. The molecule has 0 aliphatic carbocycles. The zero-order chi connectivity index (χ0) is 13.5. The van der Waals surface area contributed by atoms with Crippen molar-refractivity contribution in [1.82, 2.24) is 5.32 Å². The normalized spacial score (nSPS) is 11.7. The standard InChI is InChI=1S/C11H16N2O4S/c1-7(4-16-2)12-11(15)13-9-6-18-5-8(9)10(14)17-3/h5-7H,4H2,1-3H3,(H2,12,13,15). The van der Waals surface area contributed by atoms with Crippen LogP contribution in [0.1, 0.15) is 17.3 Å². The summed E-state index contributed by atoms with van der Waals surface area (Å²) >= 11 is 1.31. The molecule has 1 atom stereocenters. The molecule has 1 rings (SSSR count). The molecule has 100 valence electrons. The molecule has 0 spiro atoms. The maximum Gasteiger partial charge on any atom is 0.340 e. The highest BCUT2D eigenvalue weighted by atomic mass is 32.1. The van der Waals surface area contributed by atoms with Gasteiger partial charge in [0, 0.05) is 17.9 Å². The second kappa shape index (κ2) is 6.97. The zero-order valence-corrected chi connectivity index (χ0v) is 11.3. The summed E-state index contributed by atoms with van der Waals surface area (Å²) < 4.78 is 9.52. The van der Waals surface area contributed by atoms with Gasteiger partial charge in [0.05, 0.1) is 31.0 Å². The average molecular weight is 272 g/mol. The highest BCUT2D eigenvalue weighted by molar-refractivity contribution is 7.08. The number of anilines is 1. The molecule has 0 aliphatic heterocycles. The summed E-state index contributed by atoms with van der Waals surface area (Å²) in [5.74, 6) is -0.475. The van der Waals surface area contributed by atoms with Gasteiger partial charge in [-0.15, -0.1) is 11.3 Å². The lowest BCUT2D eigenvalue weighted by atomic mass is 10.3. The van der Waals surface area contributed by atoms with Gasteiger partial charge in [-0.05, 0) is 6.92 Å². The molecule has 2 N–H and O–H groups in total. The third kappa shape index (κ3) is 4.01. The molecule has 1 unspecified atom stereocenters. The van der Waals surface area contributed by atoms with Gasteiger partial charge in [-0.1, -0.05) is 0 Å². The van der Waals surface area contributed by atoms with Crippen molar-refractivity contribution < 1.29 is 19.1 Å². The summed E-state index contributed by atoms with van der Waals surface area (Å²) in [6, 6.07) is -0.502. The average Bonchev–Trinajstić information content (AvgIpc) is 2.76. The summed E-state index contributed by atoms with van der Waals surface area (Å²) in [7, 11) is 2.86. The number of hydrogen-bond donors (Lipinski definition) is 2. The van der Waals surface area contributed by atoms with Crippen molar-refractivity contribution in [3.05, 3.63) is 16.3 Å². The zero-order valence-electron chi connectivity index (χ0n) is 10.5. The van der Waals surface area contributed by atoms with Crippen LogP contribution < -0.4 is 10.6 Å². The number of ether oxygens (including phenoxy) is 2. The molecule has 0 aliphatic rings. The van der Waals surface area contributed by atoms with Gasteiger partial charge in [-0.25, -0.2) is 9.59 Å². The number of amides is 2. The van der Waals surface area contributed by atoms with Gasteiger partial charge in [0.15, 0.2) is 0 Å². The Labute approximate surface area is 109 Å². The Hall–Kier alpha value is -1.60. The van der Waals surface area contributed by atoms with E-state index in [2.05, 4.69) is 15.4 Å². The SMILES string of the molecule is COCC(C)NC(=O)Nc1cscc1C(=O)OC. The molecule has 7 heteroatoms. The first-order valence-corrected chi connectivity index (χ1v) is 6.23. The van der Waals surface area contributed by atoms with Gasteiger partial charge in [-0.2, -0.15) is 0 Å². The largest absolute Gasteiger partial charge is 0.465 e.